The van der Waals surface area contributed by atoms with Crippen molar-refractivity contribution in [2.45, 2.75) is 31.2 Å². The number of carbonyl (C=O) groups excluding carboxylic acids is 1. The average molecular weight is 304 g/mol. The van der Waals surface area contributed by atoms with E-state index in [9.17, 15) is 4.79 Å². The van der Waals surface area contributed by atoms with Crippen molar-refractivity contribution in [3.63, 3.8) is 0 Å². The number of ether oxygens (including phenoxy) is 2. The number of fused-ring (bicyclic) bond motifs is 1. The van der Waals surface area contributed by atoms with Crippen LogP contribution in [0.5, 0.6) is 11.5 Å². The molecule has 120 valence electrons. The van der Waals surface area contributed by atoms with Gasteiger partial charge in [0.25, 0.3) is 5.91 Å². The largest absolute Gasteiger partial charge is 0.486 e. The monoisotopic (exact) mass is 304 g/mol. The number of hydrogen-bond acceptors (Lipinski definition) is 4. The van der Waals surface area contributed by atoms with Crippen molar-refractivity contribution in [1.29, 1.82) is 0 Å². The fourth-order valence-corrected chi connectivity index (χ4v) is 3.35. The highest BCUT2D eigenvalue weighted by Crippen LogP contribution is 2.33. The molecule has 0 aromatic heterocycles. The van der Waals surface area contributed by atoms with Gasteiger partial charge in [0, 0.05) is 17.6 Å². The van der Waals surface area contributed by atoms with Crippen LogP contribution in [0.2, 0.25) is 0 Å². The molecule has 0 atom stereocenters. The van der Waals surface area contributed by atoms with Crippen LogP contribution in [-0.2, 0) is 0 Å². The van der Waals surface area contributed by atoms with E-state index in [2.05, 4.69) is 24.3 Å². The molecule has 0 spiro atoms. The van der Waals surface area contributed by atoms with Gasteiger partial charge < -0.3 is 19.7 Å². The number of hydrogen-bond donors (Lipinski definition) is 1. The maximum atomic E-state index is 12.4. The van der Waals surface area contributed by atoms with Gasteiger partial charge in [-0.3, -0.25) is 4.79 Å². The topological polar surface area (TPSA) is 50.8 Å². The number of rotatable bonds is 4. The maximum Gasteiger partial charge on any atom is 0.251 e. The molecule has 22 heavy (non-hydrogen) atoms. The van der Waals surface area contributed by atoms with Gasteiger partial charge in [0.05, 0.1) is 0 Å². The second-order valence-electron chi connectivity index (χ2n) is 6.37. The zero-order valence-corrected chi connectivity index (χ0v) is 13.4. The maximum absolute atomic E-state index is 12.4. The Morgan fingerprint density at radius 3 is 2.55 bits per heavy atom. The molecule has 1 N–H and O–H groups in total. The lowest BCUT2D eigenvalue weighted by atomic mass is 9.96. The fourth-order valence-electron chi connectivity index (χ4n) is 3.35. The van der Waals surface area contributed by atoms with E-state index in [0.717, 1.165) is 12.8 Å². The lowest BCUT2D eigenvalue weighted by Gasteiger charge is -2.36. The summed E-state index contributed by atoms with van der Waals surface area (Å²) < 4.78 is 11.0. The highest BCUT2D eigenvalue weighted by Gasteiger charge is 2.36. The minimum absolute atomic E-state index is 0.0508. The molecular weight excluding hydrogens is 280 g/mol. The molecule has 1 heterocycles. The number of carbonyl (C=O) groups is 1. The summed E-state index contributed by atoms with van der Waals surface area (Å²) in [5.74, 6) is 1.32. The molecule has 1 aliphatic heterocycles. The molecule has 5 heteroatoms. The van der Waals surface area contributed by atoms with Crippen molar-refractivity contribution >= 4 is 5.91 Å². The Hall–Kier alpha value is -1.75. The lowest BCUT2D eigenvalue weighted by molar-refractivity contribution is 0.0899. The second kappa shape index (κ2) is 6.16. The van der Waals surface area contributed by atoms with Crippen LogP contribution < -0.4 is 14.8 Å². The van der Waals surface area contributed by atoms with Gasteiger partial charge in [0.1, 0.15) is 13.2 Å². The molecule has 1 aromatic rings. The molecule has 5 nitrogen and oxygen atoms in total. The number of likely N-dealkylation sites (N-methyl/N-ethyl adjacent to an activating group) is 1. The summed E-state index contributed by atoms with van der Waals surface area (Å²) in [7, 11) is 4.20. The van der Waals surface area contributed by atoms with E-state index >= 15 is 0 Å². The summed E-state index contributed by atoms with van der Waals surface area (Å²) >= 11 is 0. The van der Waals surface area contributed by atoms with Crippen LogP contribution in [-0.4, -0.2) is 50.2 Å². The fraction of sp³-hybridized carbons (Fsp3) is 0.588. The molecule has 3 rings (SSSR count). The standard InChI is InChI=1S/C17H24N2O3/c1-19(2)17(7-3-4-8-17)12-18-16(20)13-5-6-14-15(11-13)22-10-9-21-14/h5-6,11H,3-4,7-10,12H2,1-2H3,(H,18,20). The summed E-state index contributed by atoms with van der Waals surface area (Å²) in [4.78, 5) is 14.7. The van der Waals surface area contributed by atoms with Crippen LogP contribution in [0, 0.1) is 0 Å². The number of amides is 1. The van der Waals surface area contributed by atoms with Gasteiger partial charge in [-0.05, 0) is 45.1 Å². The summed E-state index contributed by atoms with van der Waals surface area (Å²) in [6.45, 7) is 1.78. The van der Waals surface area contributed by atoms with Crippen molar-refractivity contribution in [2.75, 3.05) is 33.9 Å². The molecular formula is C17H24N2O3. The van der Waals surface area contributed by atoms with Crippen molar-refractivity contribution in [3.8, 4) is 11.5 Å². The molecule has 1 fully saturated rings. The predicted molar refractivity (Wildman–Crippen MR) is 84.7 cm³/mol. The van der Waals surface area contributed by atoms with Gasteiger partial charge >= 0.3 is 0 Å². The molecule has 0 unspecified atom stereocenters. The van der Waals surface area contributed by atoms with E-state index in [-0.39, 0.29) is 11.4 Å². The highest BCUT2D eigenvalue weighted by atomic mass is 16.6. The van der Waals surface area contributed by atoms with Gasteiger partial charge in [0.15, 0.2) is 11.5 Å². The molecule has 1 aromatic carbocycles. The van der Waals surface area contributed by atoms with Gasteiger partial charge in [-0.25, -0.2) is 0 Å². The summed E-state index contributed by atoms with van der Waals surface area (Å²) in [6.07, 6.45) is 4.75. The van der Waals surface area contributed by atoms with Crippen molar-refractivity contribution in [3.05, 3.63) is 23.8 Å². The van der Waals surface area contributed by atoms with Gasteiger partial charge in [0.2, 0.25) is 0 Å². The van der Waals surface area contributed by atoms with Crippen LogP contribution in [0.15, 0.2) is 18.2 Å². The summed E-state index contributed by atoms with van der Waals surface area (Å²) in [5.41, 5.74) is 0.722. The number of benzene rings is 1. The lowest BCUT2D eigenvalue weighted by Crippen LogP contribution is -2.50. The number of nitrogens with zero attached hydrogens (tertiary/aromatic N) is 1. The first-order chi connectivity index (χ1) is 10.6. The molecule has 0 bridgehead atoms. The first kappa shape index (κ1) is 15.2. The van der Waals surface area contributed by atoms with E-state index in [0.29, 0.717) is 36.8 Å². The first-order valence-corrected chi connectivity index (χ1v) is 7.96. The Kier molecular flexibility index (Phi) is 4.25. The molecule has 0 radical (unpaired) electrons. The van der Waals surface area contributed by atoms with Gasteiger partial charge in [-0.1, -0.05) is 12.8 Å². The minimum atomic E-state index is -0.0508. The Bertz CT molecular complexity index is 551. The van der Waals surface area contributed by atoms with Crippen molar-refractivity contribution in [1.82, 2.24) is 10.2 Å². The van der Waals surface area contributed by atoms with E-state index in [4.69, 9.17) is 9.47 Å². The normalized spacial score (nSPS) is 19.2. The first-order valence-electron chi connectivity index (χ1n) is 7.96. The average Bonchev–Trinajstić information content (AvgIpc) is 3.02. The third-order valence-corrected chi connectivity index (χ3v) is 4.87. The molecule has 2 aliphatic rings. The highest BCUT2D eigenvalue weighted by molar-refractivity contribution is 5.95. The van der Waals surface area contributed by atoms with E-state index < -0.39 is 0 Å². The van der Waals surface area contributed by atoms with Crippen LogP contribution in [0.4, 0.5) is 0 Å². The zero-order chi connectivity index (χ0) is 15.6. The van der Waals surface area contributed by atoms with E-state index in [1.165, 1.54) is 12.8 Å². The Balaban J connectivity index is 1.67. The summed E-state index contributed by atoms with van der Waals surface area (Å²) in [6, 6.07) is 5.36. The zero-order valence-electron chi connectivity index (χ0n) is 13.4. The minimum Gasteiger partial charge on any atom is -0.486 e. The van der Waals surface area contributed by atoms with Crippen molar-refractivity contribution < 1.29 is 14.3 Å². The SMILES string of the molecule is CN(C)C1(CNC(=O)c2ccc3c(c2)OCCO3)CCCC1. The quantitative estimate of drug-likeness (QED) is 0.925. The molecule has 1 aliphatic carbocycles. The van der Waals surface area contributed by atoms with E-state index in [1.54, 1.807) is 18.2 Å². The third-order valence-electron chi connectivity index (χ3n) is 4.87. The second-order valence-corrected chi connectivity index (χ2v) is 6.37. The number of nitrogens with one attached hydrogen (secondary N) is 1. The van der Waals surface area contributed by atoms with Gasteiger partial charge in [-0.15, -0.1) is 0 Å². The third kappa shape index (κ3) is 2.90. The molecule has 1 amide bonds. The van der Waals surface area contributed by atoms with Crippen LogP contribution in [0.1, 0.15) is 36.0 Å². The van der Waals surface area contributed by atoms with Crippen LogP contribution in [0.3, 0.4) is 0 Å². The van der Waals surface area contributed by atoms with Crippen molar-refractivity contribution in [2.24, 2.45) is 0 Å². The molecule has 1 saturated carbocycles. The predicted octanol–water partition coefficient (Wildman–Crippen LogP) is 2.06. The van der Waals surface area contributed by atoms with Gasteiger partial charge in [-0.2, -0.15) is 0 Å². The summed E-state index contributed by atoms with van der Waals surface area (Å²) in [5, 5.41) is 3.09. The van der Waals surface area contributed by atoms with E-state index in [1.807, 2.05) is 0 Å². The Morgan fingerprint density at radius 1 is 1.18 bits per heavy atom. The molecule has 0 saturated heterocycles. The Morgan fingerprint density at radius 2 is 1.86 bits per heavy atom. The van der Waals surface area contributed by atoms with Crippen LogP contribution in [0.25, 0.3) is 0 Å². The Labute approximate surface area is 131 Å². The van der Waals surface area contributed by atoms with Crippen LogP contribution >= 0.6 is 0 Å². The smallest absolute Gasteiger partial charge is 0.251 e.